The summed E-state index contributed by atoms with van der Waals surface area (Å²) < 4.78 is 79.5. The Morgan fingerprint density at radius 2 is 1.26 bits per heavy atom. The Bertz CT molecular complexity index is 744. The van der Waals surface area contributed by atoms with Crippen molar-refractivity contribution < 1.29 is 34.8 Å². The molecule has 0 aromatic heterocycles. The minimum absolute atomic E-state index is 0.0130. The van der Waals surface area contributed by atoms with Crippen molar-refractivity contribution in [3.63, 3.8) is 0 Å². The summed E-state index contributed by atoms with van der Waals surface area (Å²) >= 11 is 8.55. The van der Waals surface area contributed by atoms with Gasteiger partial charge in [0.05, 0.1) is 16.5 Å². The summed E-state index contributed by atoms with van der Waals surface area (Å²) in [6, 6.07) is 8.70. The van der Waals surface area contributed by atoms with Crippen LogP contribution in [-0.4, -0.2) is 23.5 Å². The van der Waals surface area contributed by atoms with Crippen molar-refractivity contribution in [2.24, 2.45) is 0 Å². The number of carbonyl (C=O) groups excluding carboxylic acids is 1. The predicted molar refractivity (Wildman–Crippen MR) is 116 cm³/mol. The molecule has 1 N–H and O–H groups in total. The second-order valence-electron chi connectivity index (χ2n) is 5.49. The number of hydrogen-bond donors (Lipinski definition) is 2. The fourth-order valence-electron chi connectivity index (χ4n) is 1.74. The molecule has 0 saturated heterocycles. The number of carbonyl (C=O) groups is 1. The van der Waals surface area contributed by atoms with E-state index in [9.17, 15) is 31.1 Å². The van der Waals surface area contributed by atoms with Gasteiger partial charge in [-0.25, -0.2) is 3.63 Å². The van der Waals surface area contributed by atoms with Crippen LogP contribution in [0.1, 0.15) is 11.1 Å². The number of alkyl halides is 7. The summed E-state index contributed by atoms with van der Waals surface area (Å²) in [7, 11) is 0. The Kier molecular flexibility index (Phi) is 12.2. The van der Waals surface area contributed by atoms with Gasteiger partial charge in [-0.15, -0.1) is 0 Å². The highest BCUT2D eigenvalue weighted by Gasteiger charge is 2.30. The summed E-state index contributed by atoms with van der Waals surface area (Å²) in [6.07, 6.45) is -8.81. The first-order chi connectivity index (χ1) is 14.5. The number of nitrogens with one attached hydrogen (secondary N) is 1. The van der Waals surface area contributed by atoms with Gasteiger partial charge in [0.1, 0.15) is 0 Å². The molecule has 0 unspecified atom stereocenters. The normalized spacial score (nSPS) is 11.5. The molecule has 2 aromatic rings. The highest BCUT2D eigenvalue weighted by Crippen LogP contribution is 2.35. The summed E-state index contributed by atoms with van der Waals surface area (Å²) in [5.41, 5.74) is -1.53. The van der Waals surface area contributed by atoms with Gasteiger partial charge in [-0.2, -0.15) is 39.0 Å². The maximum absolute atomic E-state index is 12.4. The summed E-state index contributed by atoms with van der Waals surface area (Å²) in [5.74, 6) is 0.706. The van der Waals surface area contributed by atoms with Crippen LogP contribution in [0.15, 0.2) is 58.3 Å². The molecule has 0 heterocycles. The Balaban J connectivity index is 0.000000512. The molecular formula is C18H16BrF6NO2S3. The maximum Gasteiger partial charge on any atom is 0.416 e. The van der Waals surface area contributed by atoms with Crippen LogP contribution in [0.5, 0.6) is 0 Å². The van der Waals surface area contributed by atoms with Gasteiger partial charge in [-0.3, -0.25) is 4.79 Å². The van der Waals surface area contributed by atoms with E-state index in [4.69, 9.17) is 3.63 Å². The lowest BCUT2D eigenvalue weighted by atomic mass is 10.2. The monoisotopic (exact) mass is 567 g/mol. The van der Waals surface area contributed by atoms with Crippen molar-refractivity contribution in [2.75, 3.05) is 17.6 Å². The highest BCUT2D eigenvalue weighted by molar-refractivity contribution is 9.09. The quantitative estimate of drug-likeness (QED) is 0.165. The second-order valence-corrected chi connectivity index (χ2v) is 8.31. The topological polar surface area (TPSA) is 38.3 Å². The molecule has 172 valence electrons. The van der Waals surface area contributed by atoms with Crippen molar-refractivity contribution in [2.45, 2.75) is 22.1 Å². The van der Waals surface area contributed by atoms with Gasteiger partial charge in [0.15, 0.2) is 0 Å². The minimum atomic E-state index is -4.40. The van der Waals surface area contributed by atoms with Crippen molar-refractivity contribution in [3.05, 3.63) is 59.7 Å². The third kappa shape index (κ3) is 11.4. The zero-order valence-electron chi connectivity index (χ0n) is 15.5. The second kappa shape index (κ2) is 13.5. The molecule has 31 heavy (non-hydrogen) atoms. The van der Waals surface area contributed by atoms with E-state index in [0.29, 0.717) is 27.4 Å². The number of halogens is 7. The van der Waals surface area contributed by atoms with Gasteiger partial charge in [0.25, 0.3) is 0 Å². The number of thiol groups is 1. The van der Waals surface area contributed by atoms with Gasteiger partial charge in [0, 0.05) is 46.2 Å². The summed E-state index contributed by atoms with van der Waals surface area (Å²) in [5, 5.41) is 3.00. The molecule has 3 nitrogen and oxygen atoms in total. The van der Waals surface area contributed by atoms with Crippen molar-refractivity contribution in [1.82, 2.24) is 5.32 Å². The average molecular weight is 568 g/mol. The summed E-state index contributed by atoms with van der Waals surface area (Å²) in [6.45, 7) is 0.646. The lowest BCUT2D eigenvalue weighted by molar-refractivity contribution is -0.138. The Morgan fingerprint density at radius 3 is 1.55 bits per heavy atom. The average Bonchev–Trinajstić information content (AvgIpc) is 2.72. The number of amides is 1. The van der Waals surface area contributed by atoms with Gasteiger partial charge in [-0.05, 0) is 48.5 Å². The van der Waals surface area contributed by atoms with Crippen LogP contribution in [0.3, 0.4) is 0 Å². The summed E-state index contributed by atoms with van der Waals surface area (Å²) in [4.78, 5) is 11.3. The van der Waals surface area contributed by atoms with Crippen molar-refractivity contribution >= 4 is 58.6 Å². The number of rotatable bonds is 7. The molecule has 0 saturated carbocycles. The van der Waals surface area contributed by atoms with Crippen molar-refractivity contribution in [1.29, 1.82) is 0 Å². The van der Waals surface area contributed by atoms with E-state index >= 15 is 0 Å². The fourth-order valence-corrected chi connectivity index (χ4v) is 3.31. The first-order valence-corrected chi connectivity index (χ1v) is 11.5. The van der Waals surface area contributed by atoms with E-state index < -0.39 is 23.5 Å². The first kappa shape index (κ1) is 28.0. The lowest BCUT2D eigenvalue weighted by Gasteiger charge is -2.08. The van der Waals surface area contributed by atoms with Gasteiger partial charge in [0.2, 0.25) is 5.91 Å². The molecule has 0 atom stereocenters. The SMILES string of the molecule is FC(F)(F)c1ccc(SOSc2ccc(C(F)(F)F)cc2)cc1.O=C(CBr)NCCS. The molecule has 0 aliphatic heterocycles. The predicted octanol–water partition coefficient (Wildman–Crippen LogP) is 6.88. The van der Waals surface area contributed by atoms with E-state index in [0.717, 1.165) is 48.4 Å². The third-order valence-corrected chi connectivity index (χ3v) is 5.39. The maximum atomic E-state index is 12.4. The van der Waals surface area contributed by atoms with Crippen LogP contribution in [-0.2, 0) is 20.8 Å². The Morgan fingerprint density at radius 1 is 0.871 bits per heavy atom. The Hall–Kier alpha value is -1.02. The smallest absolute Gasteiger partial charge is 0.355 e. The number of hydrogen-bond acceptors (Lipinski definition) is 5. The molecule has 0 bridgehead atoms. The van der Waals surface area contributed by atoms with Crippen LogP contribution in [0.4, 0.5) is 26.3 Å². The molecule has 2 rings (SSSR count). The largest absolute Gasteiger partial charge is 0.416 e. The molecule has 1 amide bonds. The third-order valence-electron chi connectivity index (χ3n) is 3.18. The number of benzene rings is 2. The Labute approximate surface area is 197 Å². The molecule has 0 aliphatic rings. The standard InChI is InChI=1S/C14H8F6OS2.C4H8BrNOS/c15-13(16,17)9-1-5-11(6-2-9)22-21-23-12-7-3-10(4-8-12)14(18,19)20;5-3-4(7)6-1-2-8/h1-8H;8H,1-3H2,(H,6,7). The van der Waals surface area contributed by atoms with E-state index in [1.807, 2.05) is 0 Å². The molecule has 2 aromatic carbocycles. The first-order valence-electron chi connectivity index (χ1n) is 8.26. The molecular weight excluding hydrogens is 552 g/mol. The van der Waals surface area contributed by atoms with Crippen LogP contribution in [0.2, 0.25) is 0 Å². The van der Waals surface area contributed by atoms with Gasteiger partial charge < -0.3 is 5.32 Å². The highest BCUT2D eigenvalue weighted by atomic mass is 79.9. The van der Waals surface area contributed by atoms with Gasteiger partial charge >= 0.3 is 12.4 Å². The van der Waals surface area contributed by atoms with Crippen LogP contribution in [0.25, 0.3) is 0 Å². The minimum Gasteiger partial charge on any atom is -0.355 e. The zero-order valence-corrected chi connectivity index (χ0v) is 19.6. The van der Waals surface area contributed by atoms with Crippen molar-refractivity contribution in [3.8, 4) is 0 Å². The molecule has 0 spiro atoms. The molecule has 0 radical (unpaired) electrons. The van der Waals surface area contributed by atoms with Gasteiger partial charge in [-0.1, -0.05) is 15.9 Å². The lowest BCUT2D eigenvalue weighted by Crippen LogP contribution is -2.25. The van der Waals surface area contributed by atoms with Crippen LogP contribution >= 0.6 is 52.6 Å². The van der Waals surface area contributed by atoms with Crippen LogP contribution in [0, 0.1) is 0 Å². The molecule has 13 heteroatoms. The zero-order chi connectivity index (χ0) is 23.5. The van der Waals surface area contributed by atoms with E-state index in [1.54, 1.807) is 0 Å². The molecule has 0 fully saturated rings. The molecule has 0 aliphatic carbocycles. The fraction of sp³-hybridized carbons (Fsp3) is 0.278. The van der Waals surface area contributed by atoms with E-state index in [2.05, 4.69) is 33.9 Å². The van der Waals surface area contributed by atoms with E-state index in [-0.39, 0.29) is 5.91 Å². The van der Waals surface area contributed by atoms with Crippen LogP contribution < -0.4 is 5.32 Å². The van der Waals surface area contributed by atoms with E-state index in [1.165, 1.54) is 24.3 Å².